The highest BCUT2D eigenvalue weighted by Crippen LogP contribution is 2.30. The summed E-state index contributed by atoms with van der Waals surface area (Å²) in [5, 5.41) is 0. The molecule has 49 heavy (non-hydrogen) atoms. The Kier molecular flexibility index (Phi) is 10.6. The Labute approximate surface area is 293 Å². The molecule has 6 heteroatoms. The second-order valence-corrected chi connectivity index (χ2v) is 14.8. The lowest BCUT2D eigenvalue weighted by atomic mass is 9.86. The van der Waals surface area contributed by atoms with E-state index in [9.17, 15) is 9.59 Å². The molecule has 0 unspecified atom stereocenters. The highest BCUT2D eigenvalue weighted by molar-refractivity contribution is 5.96. The van der Waals surface area contributed by atoms with Gasteiger partial charge in [-0.3, -0.25) is 19.6 Å². The van der Waals surface area contributed by atoms with Crippen molar-refractivity contribution in [1.82, 2.24) is 19.8 Å². The van der Waals surface area contributed by atoms with Gasteiger partial charge in [-0.05, 0) is 136 Å². The molecule has 2 aromatic carbocycles. The number of benzene rings is 2. The first-order valence-corrected chi connectivity index (χ1v) is 18.2. The van der Waals surface area contributed by atoms with Crippen LogP contribution in [0.25, 0.3) is 22.3 Å². The van der Waals surface area contributed by atoms with E-state index in [1.54, 1.807) is 12.4 Å². The number of carbonyl (C=O) groups is 2. The minimum atomic E-state index is 0.0949. The van der Waals surface area contributed by atoms with Crippen molar-refractivity contribution < 1.29 is 9.59 Å². The van der Waals surface area contributed by atoms with Gasteiger partial charge in [0.05, 0.1) is 11.1 Å². The molecule has 0 saturated carbocycles. The number of rotatable bonds is 8. The monoisotopic (exact) mass is 656 g/mol. The maximum atomic E-state index is 13.4. The molecule has 2 amide bonds. The van der Waals surface area contributed by atoms with E-state index < -0.39 is 0 Å². The van der Waals surface area contributed by atoms with E-state index in [0.717, 1.165) is 74.1 Å². The molecule has 0 N–H and O–H groups in total. The minimum Gasteiger partial charge on any atom is -0.339 e. The number of nitrogens with zero attached hydrogens (tertiary/aromatic N) is 4. The van der Waals surface area contributed by atoms with E-state index in [1.807, 2.05) is 34.3 Å². The van der Waals surface area contributed by atoms with Crippen LogP contribution in [0.5, 0.6) is 0 Å². The van der Waals surface area contributed by atoms with Gasteiger partial charge in [-0.2, -0.15) is 0 Å². The van der Waals surface area contributed by atoms with Crippen LogP contribution in [0, 0.1) is 53.4 Å². The molecule has 2 saturated heterocycles. The van der Waals surface area contributed by atoms with Gasteiger partial charge in [0.2, 0.25) is 0 Å². The first kappa shape index (κ1) is 34.5. The predicted octanol–water partition coefficient (Wildman–Crippen LogP) is 9.24. The van der Waals surface area contributed by atoms with Gasteiger partial charge >= 0.3 is 0 Å². The molecule has 0 radical (unpaired) electrons. The lowest BCUT2D eigenvalue weighted by Crippen LogP contribution is -2.39. The van der Waals surface area contributed by atoms with Crippen molar-refractivity contribution in [2.45, 2.75) is 86.5 Å². The summed E-state index contributed by atoms with van der Waals surface area (Å²) in [7, 11) is 0. The summed E-state index contributed by atoms with van der Waals surface area (Å²) in [5.41, 5.74) is 13.2. The van der Waals surface area contributed by atoms with Crippen molar-refractivity contribution in [1.29, 1.82) is 0 Å². The standard InChI is InChI=1S/C43H52N4O2/c1-28-18-36(19-29(2)32(28)5)38-22-40(26-44-24-38)42(48)46-14-10-34(11-15-46)8-7-9-35-12-16-47(17-13-35)43(49)41-23-39(25-45-27-41)37-20-30(3)33(6)31(4)21-37/h18-27,34-35H,7-17H2,1-6H3. The predicted molar refractivity (Wildman–Crippen MR) is 199 cm³/mol. The number of pyridine rings is 2. The second-order valence-electron chi connectivity index (χ2n) is 14.8. The van der Waals surface area contributed by atoms with Gasteiger partial charge < -0.3 is 9.80 Å². The maximum Gasteiger partial charge on any atom is 0.255 e. The first-order valence-electron chi connectivity index (χ1n) is 18.2. The normalized spacial score (nSPS) is 15.9. The molecule has 0 aliphatic carbocycles. The summed E-state index contributed by atoms with van der Waals surface area (Å²) >= 11 is 0. The van der Waals surface area contributed by atoms with Crippen molar-refractivity contribution in [3.05, 3.63) is 106 Å². The number of likely N-dealkylation sites (tertiary alicyclic amines) is 2. The second kappa shape index (κ2) is 15.1. The molecule has 2 aromatic heterocycles. The Bertz CT molecular complexity index is 1650. The molecule has 6 nitrogen and oxygen atoms in total. The van der Waals surface area contributed by atoms with E-state index in [1.165, 1.54) is 52.6 Å². The van der Waals surface area contributed by atoms with Crippen LogP contribution >= 0.6 is 0 Å². The van der Waals surface area contributed by atoms with E-state index >= 15 is 0 Å². The van der Waals surface area contributed by atoms with Crippen LogP contribution in [-0.2, 0) is 0 Å². The average molecular weight is 657 g/mol. The van der Waals surface area contributed by atoms with Crippen LogP contribution in [-0.4, -0.2) is 57.8 Å². The summed E-state index contributed by atoms with van der Waals surface area (Å²) < 4.78 is 0. The van der Waals surface area contributed by atoms with Crippen molar-refractivity contribution in [2.75, 3.05) is 26.2 Å². The lowest BCUT2D eigenvalue weighted by Gasteiger charge is -2.34. The highest BCUT2D eigenvalue weighted by atomic mass is 16.2. The zero-order valence-electron chi connectivity index (χ0n) is 30.3. The summed E-state index contributed by atoms with van der Waals surface area (Å²) in [4.78, 5) is 39.8. The molecule has 0 spiro atoms. The summed E-state index contributed by atoms with van der Waals surface area (Å²) in [6.45, 7) is 16.1. The lowest BCUT2D eigenvalue weighted by molar-refractivity contribution is 0.0679. The molecule has 4 aromatic rings. The minimum absolute atomic E-state index is 0.0949. The van der Waals surface area contributed by atoms with E-state index in [4.69, 9.17) is 0 Å². The number of carbonyl (C=O) groups excluding carboxylic acids is 2. The van der Waals surface area contributed by atoms with Crippen LogP contribution in [0.3, 0.4) is 0 Å². The Morgan fingerprint density at radius 1 is 0.531 bits per heavy atom. The van der Waals surface area contributed by atoms with Gasteiger partial charge in [-0.1, -0.05) is 43.5 Å². The Balaban J connectivity index is 0.935. The molecule has 0 bridgehead atoms. The van der Waals surface area contributed by atoms with Crippen LogP contribution in [0.15, 0.2) is 61.2 Å². The van der Waals surface area contributed by atoms with E-state index in [-0.39, 0.29) is 11.8 Å². The summed E-state index contributed by atoms with van der Waals surface area (Å²) in [5.74, 6) is 1.54. The quantitative estimate of drug-likeness (QED) is 0.190. The molecule has 0 atom stereocenters. The highest BCUT2D eigenvalue weighted by Gasteiger charge is 2.26. The largest absolute Gasteiger partial charge is 0.339 e. The number of hydrogen-bond donors (Lipinski definition) is 0. The smallest absolute Gasteiger partial charge is 0.255 e. The third-order valence-electron chi connectivity index (χ3n) is 11.5. The van der Waals surface area contributed by atoms with E-state index in [0.29, 0.717) is 23.0 Å². The van der Waals surface area contributed by atoms with Gasteiger partial charge in [0.1, 0.15) is 0 Å². The van der Waals surface area contributed by atoms with Crippen molar-refractivity contribution in [3.8, 4) is 22.3 Å². The summed E-state index contributed by atoms with van der Waals surface area (Å²) in [6.07, 6.45) is 15.1. The number of aryl methyl sites for hydroxylation is 4. The van der Waals surface area contributed by atoms with Crippen LogP contribution in [0.2, 0.25) is 0 Å². The number of hydrogen-bond acceptors (Lipinski definition) is 4. The van der Waals surface area contributed by atoms with Crippen molar-refractivity contribution in [2.24, 2.45) is 11.8 Å². The zero-order chi connectivity index (χ0) is 34.7. The average Bonchev–Trinajstić information content (AvgIpc) is 3.12. The fourth-order valence-electron chi connectivity index (χ4n) is 7.74. The Morgan fingerprint density at radius 2 is 0.878 bits per heavy atom. The third kappa shape index (κ3) is 7.95. The molecule has 2 fully saturated rings. The van der Waals surface area contributed by atoms with E-state index in [2.05, 4.69) is 75.8 Å². The van der Waals surface area contributed by atoms with Crippen molar-refractivity contribution in [3.63, 3.8) is 0 Å². The number of aromatic nitrogens is 2. The molecule has 2 aliphatic rings. The molecule has 2 aliphatic heterocycles. The first-order chi connectivity index (χ1) is 23.6. The fourth-order valence-corrected chi connectivity index (χ4v) is 7.74. The van der Waals surface area contributed by atoms with Gasteiger partial charge in [0, 0.05) is 62.1 Å². The topological polar surface area (TPSA) is 66.4 Å². The van der Waals surface area contributed by atoms with Gasteiger partial charge in [-0.15, -0.1) is 0 Å². The number of piperidine rings is 2. The van der Waals surface area contributed by atoms with Crippen LogP contribution in [0.4, 0.5) is 0 Å². The SMILES string of the molecule is Cc1cc(-c2cncc(C(=O)N3CCC(CCCC4CCN(C(=O)c5cncc(-c6cc(C)c(C)c(C)c6)c5)CC4)CC3)c2)cc(C)c1C. The molecular weight excluding hydrogens is 604 g/mol. The molecule has 6 rings (SSSR count). The van der Waals surface area contributed by atoms with Crippen LogP contribution in [0.1, 0.15) is 99.0 Å². The Hall–Kier alpha value is -4.32. The molecule has 4 heterocycles. The molecular formula is C43H52N4O2. The molecule has 256 valence electrons. The van der Waals surface area contributed by atoms with Crippen LogP contribution < -0.4 is 0 Å². The van der Waals surface area contributed by atoms with Gasteiger partial charge in [0.15, 0.2) is 0 Å². The number of amides is 2. The zero-order valence-corrected chi connectivity index (χ0v) is 30.3. The fraction of sp³-hybridized carbons (Fsp3) is 0.442. The third-order valence-corrected chi connectivity index (χ3v) is 11.5. The van der Waals surface area contributed by atoms with Gasteiger partial charge in [-0.25, -0.2) is 0 Å². The summed E-state index contributed by atoms with van der Waals surface area (Å²) in [6, 6.07) is 12.8. The van der Waals surface area contributed by atoms with Crippen molar-refractivity contribution >= 4 is 11.8 Å². The Morgan fingerprint density at radius 3 is 1.22 bits per heavy atom. The maximum absolute atomic E-state index is 13.4. The van der Waals surface area contributed by atoms with Gasteiger partial charge in [0.25, 0.3) is 11.8 Å².